The molecule has 2 aromatic carbocycles. The molecule has 186 valence electrons. The van der Waals surface area contributed by atoms with Crippen LogP contribution >= 0.6 is 0 Å². The summed E-state index contributed by atoms with van der Waals surface area (Å²) in [6.07, 6.45) is 0.794. The van der Waals surface area contributed by atoms with Gasteiger partial charge in [-0.1, -0.05) is 37.3 Å². The van der Waals surface area contributed by atoms with Gasteiger partial charge in [-0.05, 0) is 49.6 Å². The van der Waals surface area contributed by atoms with Crippen LogP contribution in [0.15, 0.2) is 54.6 Å². The summed E-state index contributed by atoms with van der Waals surface area (Å²) in [6.45, 7) is 4.31. The normalized spacial score (nSPS) is 18.6. The molecule has 9 heteroatoms. The highest BCUT2D eigenvalue weighted by atomic mass is 16.5. The molecule has 3 rings (SSSR count). The average Bonchev–Trinajstić information content (AvgIpc) is 2.83. The van der Waals surface area contributed by atoms with Gasteiger partial charge in [0.15, 0.2) is 0 Å². The van der Waals surface area contributed by atoms with E-state index in [0.29, 0.717) is 25.3 Å². The second kappa shape index (κ2) is 12.0. The van der Waals surface area contributed by atoms with E-state index in [1.807, 2.05) is 61.5 Å². The quantitative estimate of drug-likeness (QED) is 0.394. The van der Waals surface area contributed by atoms with Gasteiger partial charge < -0.3 is 24.8 Å². The molecule has 2 amide bonds. The standard InChI is InChI=1S/C26H30N2O7/c1-3-14-28(16-17-10-12-19(13-11-17)35-18-8-6-5-7-9-18)24(30)20-15-21(25(31)32)22(20)27-23(29)26(33)34-4-2/h5-13,20-22H,3-4,14-16H2,1-2H3,(H,27,29)(H,31,32). The van der Waals surface area contributed by atoms with Crippen LogP contribution in [0, 0.1) is 11.8 Å². The molecule has 0 bridgehead atoms. The molecule has 35 heavy (non-hydrogen) atoms. The predicted octanol–water partition coefficient (Wildman–Crippen LogP) is 2.99. The number of amides is 2. The van der Waals surface area contributed by atoms with E-state index in [1.165, 1.54) is 0 Å². The van der Waals surface area contributed by atoms with Crippen molar-refractivity contribution in [3.63, 3.8) is 0 Å². The number of hydrogen-bond donors (Lipinski definition) is 2. The second-order valence-electron chi connectivity index (χ2n) is 8.33. The molecule has 2 N–H and O–H groups in total. The van der Waals surface area contributed by atoms with Crippen LogP contribution in [0.1, 0.15) is 32.3 Å². The van der Waals surface area contributed by atoms with Gasteiger partial charge in [-0.15, -0.1) is 0 Å². The number of aliphatic carboxylic acids is 1. The number of carbonyl (C=O) groups is 4. The van der Waals surface area contributed by atoms with Gasteiger partial charge >= 0.3 is 17.8 Å². The summed E-state index contributed by atoms with van der Waals surface area (Å²) in [6, 6.07) is 15.8. The molecule has 0 saturated heterocycles. The maximum absolute atomic E-state index is 13.3. The van der Waals surface area contributed by atoms with Crippen molar-refractivity contribution < 1.29 is 33.8 Å². The van der Waals surface area contributed by atoms with E-state index in [4.69, 9.17) is 4.74 Å². The van der Waals surface area contributed by atoms with Crippen LogP contribution in [0.5, 0.6) is 11.5 Å². The molecule has 3 unspecified atom stereocenters. The van der Waals surface area contributed by atoms with Crippen molar-refractivity contribution >= 4 is 23.8 Å². The number of carbonyl (C=O) groups excluding carboxylic acids is 3. The maximum Gasteiger partial charge on any atom is 0.396 e. The molecule has 3 atom stereocenters. The summed E-state index contributed by atoms with van der Waals surface area (Å²) in [5, 5.41) is 11.9. The molecule has 0 radical (unpaired) electrons. The lowest BCUT2D eigenvalue weighted by atomic mass is 9.68. The highest BCUT2D eigenvalue weighted by Gasteiger charge is 2.51. The molecule has 1 fully saturated rings. The minimum absolute atomic E-state index is 0.0150. The first kappa shape index (κ1) is 25.7. The third kappa shape index (κ3) is 6.59. The summed E-state index contributed by atoms with van der Waals surface area (Å²) in [5.74, 6) is -3.82. The van der Waals surface area contributed by atoms with E-state index in [9.17, 15) is 24.3 Å². The van der Waals surface area contributed by atoms with Crippen LogP contribution in [-0.4, -0.2) is 53.0 Å². The Morgan fingerprint density at radius 3 is 2.23 bits per heavy atom. The molecular weight excluding hydrogens is 452 g/mol. The first-order valence-corrected chi connectivity index (χ1v) is 11.6. The molecule has 1 saturated carbocycles. The Morgan fingerprint density at radius 1 is 0.971 bits per heavy atom. The second-order valence-corrected chi connectivity index (χ2v) is 8.33. The average molecular weight is 483 g/mol. The Kier molecular flexibility index (Phi) is 8.83. The summed E-state index contributed by atoms with van der Waals surface area (Å²) in [4.78, 5) is 50.4. The molecule has 0 spiro atoms. The molecule has 0 aromatic heterocycles. The van der Waals surface area contributed by atoms with Crippen LogP contribution < -0.4 is 10.1 Å². The lowest BCUT2D eigenvalue weighted by Gasteiger charge is -2.43. The largest absolute Gasteiger partial charge is 0.481 e. The van der Waals surface area contributed by atoms with Gasteiger partial charge in [0, 0.05) is 13.1 Å². The van der Waals surface area contributed by atoms with E-state index in [-0.39, 0.29) is 18.9 Å². The van der Waals surface area contributed by atoms with Crippen molar-refractivity contribution in [2.75, 3.05) is 13.2 Å². The van der Waals surface area contributed by atoms with Gasteiger partial charge in [-0.3, -0.25) is 14.4 Å². The van der Waals surface area contributed by atoms with E-state index in [2.05, 4.69) is 10.1 Å². The van der Waals surface area contributed by atoms with E-state index < -0.39 is 35.7 Å². The smallest absolute Gasteiger partial charge is 0.396 e. The minimum atomic E-state index is -1.13. The van der Waals surface area contributed by atoms with Crippen molar-refractivity contribution in [2.24, 2.45) is 11.8 Å². The number of rotatable bonds is 10. The minimum Gasteiger partial charge on any atom is -0.481 e. The van der Waals surface area contributed by atoms with E-state index in [0.717, 1.165) is 11.3 Å². The van der Waals surface area contributed by atoms with Gasteiger partial charge in [0.25, 0.3) is 0 Å². The van der Waals surface area contributed by atoms with Crippen LogP contribution in [0.3, 0.4) is 0 Å². The monoisotopic (exact) mass is 482 g/mol. The topological polar surface area (TPSA) is 122 Å². The molecule has 2 aromatic rings. The van der Waals surface area contributed by atoms with Crippen LogP contribution in [-0.2, 0) is 30.5 Å². The zero-order valence-electron chi connectivity index (χ0n) is 19.8. The number of hydrogen-bond acceptors (Lipinski definition) is 6. The summed E-state index contributed by atoms with van der Waals surface area (Å²) >= 11 is 0. The van der Waals surface area contributed by atoms with Gasteiger partial charge in [-0.25, -0.2) is 4.79 Å². The number of esters is 1. The highest BCUT2D eigenvalue weighted by molar-refractivity contribution is 6.32. The molecule has 9 nitrogen and oxygen atoms in total. The first-order valence-electron chi connectivity index (χ1n) is 11.6. The maximum atomic E-state index is 13.3. The predicted molar refractivity (Wildman–Crippen MR) is 126 cm³/mol. The fourth-order valence-electron chi connectivity index (χ4n) is 4.05. The Hall–Kier alpha value is -3.88. The molecular formula is C26H30N2O7. The number of nitrogens with one attached hydrogen (secondary N) is 1. The number of ether oxygens (including phenoxy) is 2. The van der Waals surface area contributed by atoms with Crippen LogP contribution in [0.2, 0.25) is 0 Å². The number of nitrogens with zero attached hydrogens (tertiary/aromatic N) is 1. The Bertz CT molecular complexity index is 1040. The fraction of sp³-hybridized carbons (Fsp3) is 0.385. The van der Waals surface area contributed by atoms with Crippen molar-refractivity contribution in [3.8, 4) is 11.5 Å². The fourth-order valence-corrected chi connectivity index (χ4v) is 4.05. The lowest BCUT2D eigenvalue weighted by Crippen LogP contribution is -2.62. The van der Waals surface area contributed by atoms with Crippen molar-refractivity contribution in [1.82, 2.24) is 10.2 Å². The van der Waals surface area contributed by atoms with Crippen LogP contribution in [0.4, 0.5) is 0 Å². The lowest BCUT2D eigenvalue weighted by molar-refractivity contribution is -0.161. The Labute approximate surface area is 204 Å². The number of carboxylic acids is 1. The van der Waals surface area contributed by atoms with Gasteiger partial charge in [-0.2, -0.15) is 0 Å². The Morgan fingerprint density at radius 2 is 1.63 bits per heavy atom. The summed E-state index contributed by atoms with van der Waals surface area (Å²) in [7, 11) is 0. The van der Waals surface area contributed by atoms with E-state index in [1.54, 1.807) is 11.8 Å². The number of carboxylic acid groups (broad SMARTS) is 1. The third-order valence-corrected chi connectivity index (χ3v) is 5.85. The molecule has 1 aliphatic rings. The SMILES string of the molecule is CCCN(Cc1ccc(Oc2ccccc2)cc1)C(=O)C1CC(C(=O)O)C1NC(=O)C(=O)OCC. The molecule has 0 aliphatic heterocycles. The van der Waals surface area contributed by atoms with Crippen LogP contribution in [0.25, 0.3) is 0 Å². The number of para-hydroxylation sites is 1. The van der Waals surface area contributed by atoms with Crippen molar-refractivity contribution in [2.45, 2.75) is 39.3 Å². The zero-order chi connectivity index (χ0) is 25.4. The summed E-state index contributed by atoms with van der Waals surface area (Å²) in [5.41, 5.74) is 0.883. The van der Waals surface area contributed by atoms with Crippen molar-refractivity contribution in [1.29, 1.82) is 0 Å². The highest BCUT2D eigenvalue weighted by Crippen LogP contribution is 2.36. The molecule has 0 heterocycles. The zero-order valence-corrected chi connectivity index (χ0v) is 19.8. The third-order valence-electron chi connectivity index (χ3n) is 5.85. The number of benzene rings is 2. The molecule has 1 aliphatic carbocycles. The van der Waals surface area contributed by atoms with E-state index >= 15 is 0 Å². The summed E-state index contributed by atoms with van der Waals surface area (Å²) < 4.78 is 10.5. The van der Waals surface area contributed by atoms with Gasteiger partial charge in [0.1, 0.15) is 11.5 Å². The first-order chi connectivity index (χ1) is 16.8. The van der Waals surface area contributed by atoms with Crippen molar-refractivity contribution in [3.05, 3.63) is 60.2 Å². The van der Waals surface area contributed by atoms with Gasteiger partial charge in [0.05, 0.1) is 24.5 Å². The Balaban J connectivity index is 1.68. The van der Waals surface area contributed by atoms with Gasteiger partial charge in [0.2, 0.25) is 5.91 Å².